The van der Waals surface area contributed by atoms with Gasteiger partial charge in [-0.2, -0.15) is 0 Å². The van der Waals surface area contributed by atoms with Gasteiger partial charge in [-0.1, -0.05) is 20.3 Å². The molecule has 0 aromatic heterocycles. The molecule has 0 radical (unpaired) electrons. The third-order valence-corrected chi connectivity index (χ3v) is 5.46. The molecule has 0 aromatic rings. The Labute approximate surface area is 209 Å². The summed E-state index contributed by atoms with van der Waals surface area (Å²) in [5.41, 5.74) is 16.2. The molecule has 0 rings (SSSR count). The highest BCUT2D eigenvalue weighted by Crippen LogP contribution is 2.11. The summed E-state index contributed by atoms with van der Waals surface area (Å²) in [6.07, 6.45) is -1.25. The largest absolute Gasteiger partial charge is 0.481 e. The van der Waals surface area contributed by atoms with Gasteiger partial charge in [0.05, 0.1) is 6.10 Å². The SMILES string of the molecule is CCC(C)C(NC(=O)C(CCCN=C(N)N)NC(=O)C(N)C(C)O)C(=O)NC(CCC(=O)O)C(=O)O. The van der Waals surface area contributed by atoms with Crippen LogP contribution in [0.1, 0.15) is 52.9 Å². The average Bonchev–Trinajstić information content (AvgIpc) is 2.79. The van der Waals surface area contributed by atoms with Crippen molar-refractivity contribution in [2.45, 2.75) is 83.1 Å². The number of hydrogen-bond acceptors (Lipinski definition) is 8. The number of guanidine groups is 1. The van der Waals surface area contributed by atoms with Gasteiger partial charge in [-0.3, -0.25) is 24.2 Å². The lowest BCUT2D eigenvalue weighted by atomic mass is 9.96. The van der Waals surface area contributed by atoms with E-state index in [-0.39, 0.29) is 31.8 Å². The van der Waals surface area contributed by atoms with Crippen LogP contribution in [0, 0.1) is 5.92 Å². The first-order valence-electron chi connectivity index (χ1n) is 11.6. The number of aliphatic imine (C=N–C) groups is 1. The molecule has 0 saturated carbocycles. The van der Waals surface area contributed by atoms with Crippen LogP contribution in [0.25, 0.3) is 0 Å². The maximum Gasteiger partial charge on any atom is 0.326 e. The number of carboxylic acid groups (broad SMARTS) is 2. The normalized spacial score (nSPS) is 15.8. The van der Waals surface area contributed by atoms with E-state index in [1.165, 1.54) is 6.92 Å². The molecule has 15 heteroatoms. The molecule has 3 amide bonds. The monoisotopic (exact) mass is 517 g/mol. The van der Waals surface area contributed by atoms with Gasteiger partial charge in [0.2, 0.25) is 17.7 Å². The second-order valence-electron chi connectivity index (χ2n) is 8.48. The minimum Gasteiger partial charge on any atom is -0.481 e. The topological polar surface area (TPSA) is 273 Å². The Kier molecular flexibility index (Phi) is 14.7. The third-order valence-electron chi connectivity index (χ3n) is 5.46. The first-order valence-corrected chi connectivity index (χ1v) is 11.6. The van der Waals surface area contributed by atoms with Crippen molar-refractivity contribution in [3.05, 3.63) is 0 Å². The van der Waals surface area contributed by atoms with Crippen LogP contribution in [0.15, 0.2) is 4.99 Å². The fourth-order valence-corrected chi connectivity index (χ4v) is 3.00. The molecular formula is C21H39N7O8. The maximum absolute atomic E-state index is 13.1. The fraction of sp³-hybridized carbons (Fsp3) is 0.714. The minimum atomic E-state index is -1.48. The quantitative estimate of drug-likeness (QED) is 0.0539. The number of nitrogens with two attached hydrogens (primary N) is 3. The van der Waals surface area contributed by atoms with Crippen molar-refractivity contribution in [1.29, 1.82) is 0 Å². The molecule has 0 aromatic carbocycles. The Morgan fingerprint density at radius 2 is 1.47 bits per heavy atom. The van der Waals surface area contributed by atoms with Gasteiger partial charge in [0, 0.05) is 13.0 Å². The Morgan fingerprint density at radius 3 is 1.94 bits per heavy atom. The lowest BCUT2D eigenvalue weighted by molar-refractivity contribution is -0.143. The first kappa shape index (κ1) is 32.5. The Morgan fingerprint density at radius 1 is 0.889 bits per heavy atom. The van der Waals surface area contributed by atoms with Crippen molar-refractivity contribution in [1.82, 2.24) is 16.0 Å². The summed E-state index contributed by atoms with van der Waals surface area (Å²) < 4.78 is 0. The zero-order valence-electron chi connectivity index (χ0n) is 20.8. The molecule has 6 atom stereocenters. The van der Waals surface area contributed by atoms with E-state index in [1.807, 2.05) is 0 Å². The standard InChI is InChI=1S/C21H39N7O8/c1-4-10(2)16(19(34)27-13(20(35)36)7-8-14(30)31)28-17(32)12(6-5-9-25-21(23)24)26-18(33)15(22)11(3)29/h10-13,15-16,29H,4-9,22H2,1-3H3,(H,26,33)(H,27,34)(H,28,32)(H,30,31)(H,35,36)(H4,23,24,25). The molecule has 15 nitrogen and oxygen atoms in total. The lowest BCUT2D eigenvalue weighted by Gasteiger charge is -2.28. The van der Waals surface area contributed by atoms with Gasteiger partial charge in [-0.25, -0.2) is 4.79 Å². The summed E-state index contributed by atoms with van der Waals surface area (Å²) in [5.74, 6) is -5.60. The molecule has 0 aliphatic rings. The van der Waals surface area contributed by atoms with Crippen molar-refractivity contribution < 1.29 is 39.3 Å². The van der Waals surface area contributed by atoms with Crippen molar-refractivity contribution >= 4 is 35.6 Å². The third kappa shape index (κ3) is 12.3. The molecule has 0 saturated heterocycles. The van der Waals surface area contributed by atoms with E-state index < -0.39 is 72.3 Å². The molecule has 12 N–H and O–H groups in total. The van der Waals surface area contributed by atoms with E-state index in [4.69, 9.17) is 22.3 Å². The van der Waals surface area contributed by atoms with Gasteiger partial charge >= 0.3 is 11.9 Å². The number of aliphatic carboxylic acids is 2. The fourth-order valence-electron chi connectivity index (χ4n) is 3.00. The predicted molar refractivity (Wildman–Crippen MR) is 129 cm³/mol. The zero-order chi connectivity index (χ0) is 28.0. The number of carbonyl (C=O) groups excluding carboxylic acids is 3. The summed E-state index contributed by atoms with van der Waals surface area (Å²) in [7, 11) is 0. The second-order valence-corrected chi connectivity index (χ2v) is 8.48. The second kappa shape index (κ2) is 16.3. The number of nitrogens with zero attached hydrogens (tertiary/aromatic N) is 1. The summed E-state index contributed by atoms with van der Waals surface area (Å²) in [4.78, 5) is 64.4. The van der Waals surface area contributed by atoms with Crippen LogP contribution in [0.4, 0.5) is 0 Å². The van der Waals surface area contributed by atoms with E-state index in [1.54, 1.807) is 13.8 Å². The molecule has 6 unspecified atom stereocenters. The molecular weight excluding hydrogens is 478 g/mol. The highest BCUT2D eigenvalue weighted by molar-refractivity contribution is 5.94. The molecule has 0 heterocycles. The first-order chi connectivity index (χ1) is 16.7. The number of aliphatic hydroxyl groups excluding tert-OH is 1. The highest BCUT2D eigenvalue weighted by atomic mass is 16.4. The number of nitrogens with one attached hydrogen (secondary N) is 3. The van der Waals surface area contributed by atoms with E-state index in [0.29, 0.717) is 6.42 Å². The van der Waals surface area contributed by atoms with Crippen LogP contribution in [-0.4, -0.2) is 87.8 Å². The van der Waals surface area contributed by atoms with Crippen LogP contribution in [0.5, 0.6) is 0 Å². The number of rotatable bonds is 17. The number of carboxylic acids is 2. The maximum atomic E-state index is 13.1. The molecule has 0 aliphatic carbocycles. The number of amides is 3. The summed E-state index contributed by atoms with van der Waals surface area (Å²) in [6.45, 7) is 4.88. The van der Waals surface area contributed by atoms with Crippen LogP contribution < -0.4 is 33.2 Å². The van der Waals surface area contributed by atoms with Crippen LogP contribution in [-0.2, 0) is 24.0 Å². The number of hydrogen-bond donors (Lipinski definition) is 9. The van der Waals surface area contributed by atoms with Gasteiger partial charge in [-0.15, -0.1) is 0 Å². The van der Waals surface area contributed by atoms with E-state index in [2.05, 4.69) is 20.9 Å². The Balaban J connectivity index is 5.66. The lowest BCUT2D eigenvalue weighted by Crippen LogP contribution is -2.59. The van der Waals surface area contributed by atoms with Gasteiger partial charge in [0.25, 0.3) is 0 Å². The zero-order valence-corrected chi connectivity index (χ0v) is 20.8. The Hall–Kier alpha value is -3.46. The van der Waals surface area contributed by atoms with E-state index in [9.17, 15) is 34.2 Å². The van der Waals surface area contributed by atoms with Gasteiger partial charge in [-0.05, 0) is 32.1 Å². The predicted octanol–water partition coefficient (Wildman–Crippen LogP) is -2.80. The minimum absolute atomic E-state index is 0.0616. The smallest absolute Gasteiger partial charge is 0.326 e. The van der Waals surface area contributed by atoms with Crippen molar-refractivity contribution in [3.8, 4) is 0 Å². The molecule has 0 spiro atoms. The van der Waals surface area contributed by atoms with Crippen molar-refractivity contribution in [2.24, 2.45) is 28.1 Å². The summed E-state index contributed by atoms with van der Waals surface area (Å²) in [6, 6.07) is -5.14. The van der Waals surface area contributed by atoms with Crippen molar-refractivity contribution in [3.63, 3.8) is 0 Å². The van der Waals surface area contributed by atoms with E-state index in [0.717, 1.165) is 0 Å². The summed E-state index contributed by atoms with van der Waals surface area (Å²) in [5, 5.41) is 35.0. The van der Waals surface area contributed by atoms with Crippen molar-refractivity contribution in [2.75, 3.05) is 6.54 Å². The molecule has 0 bridgehead atoms. The molecule has 0 fully saturated rings. The Bertz CT molecular complexity index is 801. The van der Waals surface area contributed by atoms with Gasteiger partial charge < -0.3 is 48.5 Å². The number of carbonyl (C=O) groups is 5. The van der Waals surface area contributed by atoms with E-state index >= 15 is 0 Å². The van der Waals surface area contributed by atoms with Gasteiger partial charge in [0.15, 0.2) is 5.96 Å². The average molecular weight is 518 g/mol. The molecule has 0 aliphatic heterocycles. The highest BCUT2D eigenvalue weighted by Gasteiger charge is 2.33. The number of aliphatic hydroxyl groups is 1. The van der Waals surface area contributed by atoms with Crippen LogP contribution in [0.2, 0.25) is 0 Å². The van der Waals surface area contributed by atoms with Crippen LogP contribution in [0.3, 0.4) is 0 Å². The molecule has 36 heavy (non-hydrogen) atoms. The summed E-state index contributed by atoms with van der Waals surface area (Å²) >= 11 is 0. The van der Waals surface area contributed by atoms with Crippen LogP contribution >= 0.6 is 0 Å². The van der Waals surface area contributed by atoms with Gasteiger partial charge in [0.1, 0.15) is 24.2 Å². The molecule has 206 valence electrons.